The fourth-order valence-corrected chi connectivity index (χ4v) is 9.33. The zero-order chi connectivity index (χ0) is 36.6. The summed E-state index contributed by atoms with van der Waals surface area (Å²) in [6.45, 7) is 12.1. The van der Waals surface area contributed by atoms with Crippen molar-refractivity contribution in [2.45, 2.75) is 109 Å². The maximum absolute atomic E-state index is 15.2. The highest BCUT2D eigenvalue weighted by molar-refractivity contribution is 9.11. The molecule has 4 aliphatic rings. The molecule has 4 heterocycles. The van der Waals surface area contributed by atoms with Crippen LogP contribution in [-0.2, 0) is 33.4 Å². The summed E-state index contributed by atoms with van der Waals surface area (Å²) in [5.41, 5.74) is -1.66. The van der Waals surface area contributed by atoms with Gasteiger partial charge >= 0.3 is 5.97 Å². The second-order valence-corrected chi connectivity index (χ2v) is 16.6. The van der Waals surface area contributed by atoms with Crippen LogP contribution in [0.25, 0.3) is 0 Å². The molecule has 5 bridgehead atoms. The molecule has 5 rings (SSSR count). The molecule has 8 atom stereocenters. The number of hydrogen-bond donors (Lipinski definition) is 2. The van der Waals surface area contributed by atoms with Crippen LogP contribution >= 0.6 is 15.9 Å². The van der Waals surface area contributed by atoms with Gasteiger partial charge in [-0.05, 0) is 50.2 Å². The predicted molar refractivity (Wildman–Crippen MR) is 191 cm³/mol. The number of hydrogen-bond acceptors (Lipinski definition) is 8. The van der Waals surface area contributed by atoms with Crippen LogP contribution in [0.3, 0.4) is 0 Å². The molecule has 0 radical (unpaired) electrons. The molecule has 2 N–H and O–H groups in total. The highest BCUT2D eigenvalue weighted by atomic mass is 79.9. The number of ether oxygens (including phenoxy) is 3. The SMILES string of the molecule is CC[C@@H](CO)N1C(=O)[C@H]2[C@@H]3C(=O)O[C@H](c4ccccc4)[C@@H](COC)NC(=O)CC/C=C\CN(C(C)(C)CC(C)(C)C)C(=O)[C@H]1[C@@]21C=C(Br)[C@@H]3O1. The Labute approximate surface area is 303 Å². The Morgan fingerprint density at radius 2 is 1.76 bits per heavy atom. The van der Waals surface area contributed by atoms with Gasteiger partial charge in [-0.1, -0.05) is 86.1 Å². The van der Waals surface area contributed by atoms with E-state index < -0.39 is 65.2 Å². The average molecular weight is 759 g/mol. The number of halogens is 1. The van der Waals surface area contributed by atoms with Crippen molar-refractivity contribution in [1.29, 1.82) is 0 Å². The van der Waals surface area contributed by atoms with Crippen molar-refractivity contribution in [3.63, 3.8) is 0 Å². The number of esters is 1. The minimum Gasteiger partial charge on any atom is -0.455 e. The number of nitrogens with one attached hydrogen (secondary N) is 1. The van der Waals surface area contributed by atoms with E-state index in [1.165, 1.54) is 12.0 Å². The normalized spacial score (nSPS) is 32.1. The molecule has 0 saturated carbocycles. The molecule has 4 aliphatic heterocycles. The number of likely N-dealkylation sites (tertiary alicyclic amines) is 1. The predicted octanol–water partition coefficient (Wildman–Crippen LogP) is 4.44. The van der Waals surface area contributed by atoms with Crippen LogP contribution in [0.15, 0.2) is 53.0 Å². The lowest BCUT2D eigenvalue weighted by molar-refractivity contribution is -0.163. The molecule has 0 unspecified atom stereocenters. The first-order chi connectivity index (χ1) is 23.6. The maximum atomic E-state index is 15.2. The van der Waals surface area contributed by atoms with Crippen LogP contribution < -0.4 is 5.32 Å². The molecule has 50 heavy (non-hydrogen) atoms. The van der Waals surface area contributed by atoms with Crippen LogP contribution in [0.4, 0.5) is 0 Å². The molecule has 1 aromatic rings. The van der Waals surface area contributed by atoms with Gasteiger partial charge in [-0.25, -0.2) is 0 Å². The number of methoxy groups -OCH3 is 1. The number of aliphatic hydroxyl groups excluding tert-OH is 1. The first-order valence-corrected chi connectivity index (χ1v) is 18.4. The van der Waals surface area contributed by atoms with Gasteiger partial charge in [-0.2, -0.15) is 0 Å². The Balaban J connectivity index is 1.68. The van der Waals surface area contributed by atoms with Crippen molar-refractivity contribution in [2.75, 3.05) is 26.9 Å². The van der Waals surface area contributed by atoms with E-state index in [0.717, 1.165) is 0 Å². The smallest absolute Gasteiger partial charge is 0.313 e. The van der Waals surface area contributed by atoms with Gasteiger partial charge < -0.3 is 34.4 Å². The van der Waals surface area contributed by atoms with Crippen molar-refractivity contribution in [3.05, 3.63) is 58.6 Å². The number of carbonyl (C=O) groups excluding carboxylic acids is 4. The van der Waals surface area contributed by atoms with Crippen molar-refractivity contribution in [3.8, 4) is 0 Å². The second kappa shape index (κ2) is 14.9. The molecule has 11 nitrogen and oxygen atoms in total. The maximum Gasteiger partial charge on any atom is 0.313 e. The van der Waals surface area contributed by atoms with Crippen molar-refractivity contribution in [2.24, 2.45) is 17.3 Å². The molecule has 3 amide bonds. The Bertz CT molecular complexity index is 1500. The van der Waals surface area contributed by atoms with Gasteiger partial charge in [0.05, 0.1) is 31.2 Å². The number of fused-ring (bicyclic) bond motifs is 2. The number of allylic oxidation sites excluding steroid dienone is 1. The quantitative estimate of drug-likeness (QED) is 0.294. The summed E-state index contributed by atoms with van der Waals surface area (Å²) < 4.78 is 19.1. The third kappa shape index (κ3) is 7.18. The zero-order valence-electron chi connectivity index (χ0n) is 30.2. The van der Waals surface area contributed by atoms with Crippen LogP contribution in [0.5, 0.6) is 0 Å². The standard InChI is InChI=1S/C38H52BrN3O8/c1-8-24(20-43)42-32-34(46)41(37(5,6)22-36(2,3)4)18-14-10-13-17-27(44)40-26(21-48-7)30(23-15-11-9-12-16-23)49-35(47)28-29(33(42)45)38(32)19-25(39)31(28)50-38/h9-12,14-16,19,24,26,28-32,43H,8,13,17-18,20-22H2,1-7H3,(H,40,44)/b14-10-/t24-,26+,28-,29+,30+,31-,32-,38+/m0/s1. The number of carbonyl (C=O) groups is 4. The number of amides is 3. The van der Waals surface area contributed by atoms with E-state index in [9.17, 15) is 19.5 Å². The molecule has 2 saturated heterocycles. The van der Waals surface area contributed by atoms with Gasteiger partial charge in [0.25, 0.3) is 0 Å². The summed E-state index contributed by atoms with van der Waals surface area (Å²) in [5, 5.41) is 13.6. The van der Waals surface area contributed by atoms with Gasteiger partial charge in [0, 0.05) is 30.1 Å². The molecule has 0 aliphatic carbocycles. The lowest BCUT2D eigenvalue weighted by Gasteiger charge is -2.46. The van der Waals surface area contributed by atoms with Gasteiger partial charge in [0.15, 0.2) is 0 Å². The highest BCUT2D eigenvalue weighted by Crippen LogP contribution is 2.59. The summed E-state index contributed by atoms with van der Waals surface area (Å²) in [6, 6.07) is 6.53. The molecule has 0 aromatic heterocycles. The van der Waals surface area contributed by atoms with Crippen LogP contribution in [0, 0.1) is 17.3 Å². The summed E-state index contributed by atoms with van der Waals surface area (Å²) in [5.74, 6) is -3.89. The summed E-state index contributed by atoms with van der Waals surface area (Å²) >= 11 is 3.62. The fraction of sp³-hybridized carbons (Fsp3) is 0.632. The Hall–Kier alpha value is -3.06. The van der Waals surface area contributed by atoms with Gasteiger partial charge in [-0.15, -0.1) is 0 Å². The zero-order valence-corrected chi connectivity index (χ0v) is 31.8. The van der Waals surface area contributed by atoms with Crippen LogP contribution in [0.1, 0.15) is 78.9 Å². The first-order valence-electron chi connectivity index (χ1n) is 17.6. The van der Waals surface area contributed by atoms with Gasteiger partial charge in [-0.3, -0.25) is 19.2 Å². The Morgan fingerprint density at radius 1 is 1.06 bits per heavy atom. The number of aliphatic hydroxyl groups is 1. The summed E-state index contributed by atoms with van der Waals surface area (Å²) in [6.07, 6.45) is 5.35. The van der Waals surface area contributed by atoms with Gasteiger partial charge in [0.2, 0.25) is 17.7 Å². The molecule has 274 valence electrons. The van der Waals surface area contributed by atoms with E-state index >= 15 is 4.79 Å². The van der Waals surface area contributed by atoms with E-state index in [-0.39, 0.29) is 43.4 Å². The highest BCUT2D eigenvalue weighted by Gasteiger charge is 2.75. The second-order valence-electron chi connectivity index (χ2n) is 15.7. The van der Waals surface area contributed by atoms with E-state index in [0.29, 0.717) is 29.3 Å². The Kier molecular flexibility index (Phi) is 11.4. The Morgan fingerprint density at radius 3 is 2.38 bits per heavy atom. The first kappa shape index (κ1) is 38.2. The lowest BCUT2D eigenvalue weighted by atomic mass is 9.74. The van der Waals surface area contributed by atoms with Crippen molar-refractivity contribution in [1.82, 2.24) is 15.1 Å². The third-order valence-corrected chi connectivity index (χ3v) is 11.0. The number of nitrogens with zero attached hydrogens (tertiary/aromatic N) is 2. The van der Waals surface area contributed by atoms with Gasteiger partial charge in [0.1, 0.15) is 29.8 Å². The van der Waals surface area contributed by atoms with Crippen molar-refractivity contribution < 1.29 is 38.5 Å². The van der Waals surface area contributed by atoms with Crippen LogP contribution in [-0.4, -0.2) is 101 Å². The number of cyclic esters (lactones) is 1. The molecule has 12 heteroatoms. The van der Waals surface area contributed by atoms with E-state index in [1.54, 1.807) is 11.0 Å². The minimum atomic E-state index is -1.49. The summed E-state index contributed by atoms with van der Waals surface area (Å²) in [4.78, 5) is 61.1. The van der Waals surface area contributed by atoms with E-state index in [1.807, 2.05) is 63.3 Å². The number of benzene rings is 1. The molecule has 1 aromatic carbocycles. The number of rotatable bonds is 8. The average Bonchev–Trinajstić information content (AvgIpc) is 3.64. The largest absolute Gasteiger partial charge is 0.455 e. The molecular formula is C38H52BrN3O8. The minimum absolute atomic E-state index is 0.0613. The molecule has 1 spiro atoms. The molecular weight excluding hydrogens is 706 g/mol. The van der Waals surface area contributed by atoms with Crippen molar-refractivity contribution >= 4 is 39.6 Å². The lowest BCUT2D eigenvalue weighted by Crippen LogP contribution is -2.62. The molecule has 2 fully saturated rings. The summed E-state index contributed by atoms with van der Waals surface area (Å²) in [7, 11) is 1.51. The topological polar surface area (TPSA) is 135 Å². The monoisotopic (exact) mass is 757 g/mol. The third-order valence-electron chi connectivity index (χ3n) is 10.3. The fourth-order valence-electron chi connectivity index (χ4n) is 8.59. The van der Waals surface area contributed by atoms with Crippen LogP contribution in [0.2, 0.25) is 0 Å². The van der Waals surface area contributed by atoms with E-state index in [4.69, 9.17) is 14.2 Å². The van der Waals surface area contributed by atoms with E-state index in [2.05, 4.69) is 42.0 Å².